The van der Waals surface area contributed by atoms with Crippen molar-refractivity contribution in [3.63, 3.8) is 0 Å². The van der Waals surface area contributed by atoms with Crippen LogP contribution in [0, 0.1) is 0 Å². The van der Waals surface area contributed by atoms with Gasteiger partial charge in [0.05, 0.1) is 0 Å². The van der Waals surface area contributed by atoms with Crippen molar-refractivity contribution in [2.75, 3.05) is 0 Å². The van der Waals surface area contributed by atoms with E-state index in [1.807, 2.05) is 12.1 Å². The highest BCUT2D eigenvalue weighted by Crippen LogP contribution is 2.45. The fraction of sp³-hybridized carbons (Fsp3) is 0.0339. The summed E-state index contributed by atoms with van der Waals surface area (Å²) in [7, 11) is 0. The SMILES string of the molecule is C.c1ccc(-c2ccc(-c3cccc(-c4cccc5c4Cc4c(-c6nc(-c7cccc(-c8ccccc8)c7)nc(-c7cccc(-c8ccccc8)c7)n6)cccc4-5)c3)cc2)cc1. The van der Waals surface area contributed by atoms with E-state index in [1.54, 1.807) is 0 Å². The van der Waals surface area contributed by atoms with E-state index in [1.165, 1.54) is 55.6 Å². The Morgan fingerprint density at radius 2 is 0.532 bits per heavy atom. The van der Waals surface area contributed by atoms with Gasteiger partial charge in [0.25, 0.3) is 0 Å². The molecule has 0 saturated heterocycles. The molecular weight excluding hydrogens is 751 g/mol. The van der Waals surface area contributed by atoms with Crippen LogP contribution in [0.1, 0.15) is 18.6 Å². The van der Waals surface area contributed by atoms with Crippen molar-refractivity contribution in [2.24, 2.45) is 0 Å². The van der Waals surface area contributed by atoms with Crippen molar-refractivity contribution < 1.29 is 0 Å². The molecule has 9 aromatic carbocycles. The maximum atomic E-state index is 5.28. The Labute approximate surface area is 363 Å². The van der Waals surface area contributed by atoms with E-state index in [2.05, 4.69) is 212 Å². The van der Waals surface area contributed by atoms with Crippen LogP contribution in [0.15, 0.2) is 224 Å². The molecule has 1 aliphatic carbocycles. The highest BCUT2D eigenvalue weighted by atomic mass is 15.0. The quantitative estimate of drug-likeness (QED) is 0.154. The van der Waals surface area contributed by atoms with E-state index in [4.69, 9.17) is 15.0 Å². The molecule has 0 fully saturated rings. The maximum Gasteiger partial charge on any atom is 0.164 e. The molecule has 0 amide bonds. The average Bonchev–Trinajstić information content (AvgIpc) is 3.74. The second-order valence-electron chi connectivity index (χ2n) is 15.6. The molecule has 0 spiro atoms. The van der Waals surface area contributed by atoms with Gasteiger partial charge in [0.1, 0.15) is 0 Å². The second-order valence-corrected chi connectivity index (χ2v) is 15.6. The predicted octanol–water partition coefficient (Wildman–Crippen LogP) is 15.4. The monoisotopic (exact) mass is 793 g/mol. The smallest absolute Gasteiger partial charge is 0.164 e. The molecule has 0 radical (unpaired) electrons. The molecule has 62 heavy (non-hydrogen) atoms. The summed E-state index contributed by atoms with van der Waals surface area (Å²) in [5, 5.41) is 0. The zero-order valence-electron chi connectivity index (χ0n) is 33.4. The van der Waals surface area contributed by atoms with Crippen molar-refractivity contribution in [1.29, 1.82) is 0 Å². The minimum absolute atomic E-state index is 0. The molecule has 1 heterocycles. The van der Waals surface area contributed by atoms with Gasteiger partial charge in [-0.25, -0.2) is 15.0 Å². The van der Waals surface area contributed by atoms with Crippen molar-refractivity contribution in [3.8, 4) is 101 Å². The average molecular weight is 794 g/mol. The predicted molar refractivity (Wildman–Crippen MR) is 258 cm³/mol. The molecular formula is C59H43N3. The minimum atomic E-state index is 0. The van der Waals surface area contributed by atoms with Crippen molar-refractivity contribution in [2.45, 2.75) is 13.8 Å². The van der Waals surface area contributed by atoms with E-state index in [-0.39, 0.29) is 7.43 Å². The standard InChI is InChI=1S/C58H39N3.CH4/c1-4-15-39(16-5-1)42-31-33-43(34-32-42)44-21-10-24-47(35-44)50-27-13-28-51-52-29-14-30-53(55(52)38-54(50)51)58-60-56(48-25-11-22-45(36-48)40-17-6-2-7-18-40)59-57(61-58)49-26-12-23-46(37-49)41-19-8-3-9-20-41;/h1-37H,38H2;1H4. The summed E-state index contributed by atoms with van der Waals surface area (Å²) >= 11 is 0. The molecule has 0 atom stereocenters. The fourth-order valence-corrected chi connectivity index (χ4v) is 8.76. The molecule has 0 bridgehead atoms. The van der Waals surface area contributed by atoms with E-state index in [0.29, 0.717) is 17.5 Å². The van der Waals surface area contributed by atoms with Crippen LogP contribution in [0.2, 0.25) is 0 Å². The summed E-state index contributed by atoms with van der Waals surface area (Å²) in [6.07, 6.45) is 0.774. The van der Waals surface area contributed by atoms with E-state index < -0.39 is 0 Å². The Morgan fingerprint density at radius 3 is 1.03 bits per heavy atom. The largest absolute Gasteiger partial charge is 0.208 e. The highest BCUT2D eigenvalue weighted by Gasteiger charge is 2.26. The summed E-state index contributed by atoms with van der Waals surface area (Å²) < 4.78 is 0. The number of nitrogens with zero attached hydrogens (tertiary/aromatic N) is 3. The summed E-state index contributed by atoms with van der Waals surface area (Å²) in [5.41, 5.74) is 19.8. The van der Waals surface area contributed by atoms with Gasteiger partial charge in [-0.1, -0.05) is 214 Å². The first-order chi connectivity index (χ1) is 30.2. The number of rotatable bonds is 8. The molecule has 0 aliphatic heterocycles. The lowest BCUT2D eigenvalue weighted by Crippen LogP contribution is -2.02. The van der Waals surface area contributed by atoms with Crippen LogP contribution < -0.4 is 0 Å². The first-order valence-corrected chi connectivity index (χ1v) is 20.8. The third-order valence-corrected chi connectivity index (χ3v) is 11.8. The first-order valence-electron chi connectivity index (χ1n) is 20.8. The Morgan fingerprint density at radius 1 is 0.226 bits per heavy atom. The molecule has 0 unspecified atom stereocenters. The second kappa shape index (κ2) is 16.6. The lowest BCUT2D eigenvalue weighted by molar-refractivity contribution is 1.07. The lowest BCUT2D eigenvalue weighted by atomic mass is 9.93. The first kappa shape index (κ1) is 38.2. The molecule has 294 valence electrons. The minimum Gasteiger partial charge on any atom is -0.208 e. The Bertz CT molecular complexity index is 3090. The zero-order valence-corrected chi connectivity index (χ0v) is 33.4. The maximum absolute atomic E-state index is 5.28. The van der Waals surface area contributed by atoms with Crippen molar-refractivity contribution >= 4 is 0 Å². The van der Waals surface area contributed by atoms with Gasteiger partial charge in [0, 0.05) is 23.1 Å². The molecule has 3 nitrogen and oxygen atoms in total. The van der Waals surface area contributed by atoms with Crippen molar-refractivity contribution in [3.05, 3.63) is 236 Å². The van der Waals surface area contributed by atoms with Gasteiger partial charge in [0.2, 0.25) is 0 Å². The number of aromatic nitrogens is 3. The topological polar surface area (TPSA) is 38.7 Å². The van der Waals surface area contributed by atoms with Gasteiger partial charge in [0.15, 0.2) is 17.5 Å². The van der Waals surface area contributed by atoms with Gasteiger partial charge in [-0.3, -0.25) is 0 Å². The van der Waals surface area contributed by atoms with Gasteiger partial charge in [-0.15, -0.1) is 0 Å². The third kappa shape index (κ3) is 7.31. The number of hydrogen-bond acceptors (Lipinski definition) is 3. The van der Waals surface area contributed by atoms with Crippen LogP contribution in [0.3, 0.4) is 0 Å². The number of benzene rings is 9. The Hall–Kier alpha value is -8.01. The van der Waals surface area contributed by atoms with Gasteiger partial charge in [-0.2, -0.15) is 0 Å². The number of fused-ring (bicyclic) bond motifs is 3. The number of hydrogen-bond donors (Lipinski definition) is 0. The fourth-order valence-electron chi connectivity index (χ4n) is 8.76. The molecule has 1 aromatic heterocycles. The van der Waals surface area contributed by atoms with Crippen LogP contribution in [-0.4, -0.2) is 15.0 Å². The van der Waals surface area contributed by atoms with Crippen LogP contribution in [-0.2, 0) is 6.42 Å². The van der Waals surface area contributed by atoms with Crippen LogP contribution >= 0.6 is 0 Å². The molecule has 3 heteroatoms. The Kier molecular flexibility index (Phi) is 10.2. The highest BCUT2D eigenvalue weighted by molar-refractivity contribution is 5.90. The summed E-state index contributed by atoms with van der Waals surface area (Å²) in [6, 6.07) is 79.6. The third-order valence-electron chi connectivity index (χ3n) is 11.8. The Balaban J connectivity index is 0.00000458. The van der Waals surface area contributed by atoms with E-state index in [0.717, 1.165) is 45.4 Å². The molecule has 0 N–H and O–H groups in total. The molecule has 11 rings (SSSR count). The summed E-state index contributed by atoms with van der Waals surface area (Å²) in [6.45, 7) is 0. The van der Waals surface area contributed by atoms with Gasteiger partial charge in [-0.05, 0) is 96.1 Å². The normalized spacial score (nSPS) is 11.4. The van der Waals surface area contributed by atoms with Crippen molar-refractivity contribution in [1.82, 2.24) is 15.0 Å². The zero-order chi connectivity index (χ0) is 40.5. The van der Waals surface area contributed by atoms with Crippen LogP contribution in [0.25, 0.3) is 101 Å². The van der Waals surface area contributed by atoms with Crippen LogP contribution in [0.5, 0.6) is 0 Å². The van der Waals surface area contributed by atoms with E-state index >= 15 is 0 Å². The summed E-state index contributed by atoms with van der Waals surface area (Å²) in [5.74, 6) is 1.96. The molecule has 1 aliphatic rings. The van der Waals surface area contributed by atoms with E-state index in [9.17, 15) is 0 Å². The summed E-state index contributed by atoms with van der Waals surface area (Å²) in [4.78, 5) is 15.8. The molecule has 0 saturated carbocycles. The lowest BCUT2D eigenvalue weighted by Gasteiger charge is -2.13. The van der Waals surface area contributed by atoms with Gasteiger partial charge < -0.3 is 0 Å². The van der Waals surface area contributed by atoms with Gasteiger partial charge >= 0.3 is 0 Å². The molecule has 10 aromatic rings. The van der Waals surface area contributed by atoms with Crippen LogP contribution in [0.4, 0.5) is 0 Å².